The molecule has 0 spiro atoms. The van der Waals surface area contributed by atoms with Gasteiger partial charge in [0.1, 0.15) is 11.9 Å². The maximum atomic E-state index is 12.3. The van der Waals surface area contributed by atoms with E-state index in [4.69, 9.17) is 4.74 Å². The van der Waals surface area contributed by atoms with Gasteiger partial charge in [0.2, 0.25) is 5.91 Å². The Balaban J connectivity index is 1.86. The second kappa shape index (κ2) is 5.09. The molecule has 1 saturated carbocycles. The Morgan fingerprint density at radius 2 is 2.15 bits per heavy atom. The Hall–Kier alpha value is -1.55. The van der Waals surface area contributed by atoms with Crippen molar-refractivity contribution in [3.63, 3.8) is 0 Å². The fraction of sp³-hybridized carbons (Fsp3) is 0.562. The maximum absolute atomic E-state index is 12.3. The topological polar surface area (TPSA) is 41.6 Å². The number of hydrogen-bond acceptors (Lipinski definition) is 3. The van der Waals surface area contributed by atoms with Crippen molar-refractivity contribution in [1.82, 2.24) is 10.2 Å². The third-order valence-corrected chi connectivity index (χ3v) is 4.26. The molecule has 4 heteroatoms. The molecule has 0 aromatic heterocycles. The van der Waals surface area contributed by atoms with Gasteiger partial charge in [-0.2, -0.15) is 0 Å². The molecule has 3 rings (SSSR count). The molecular formula is C16H22N2O2. The number of carbonyl (C=O) groups is 1. The minimum absolute atomic E-state index is 0.00251. The van der Waals surface area contributed by atoms with Crippen LogP contribution in [-0.2, 0) is 4.79 Å². The van der Waals surface area contributed by atoms with E-state index in [0.717, 1.165) is 23.4 Å². The standard InChI is InChI=1S/C16H22N2O2/c1-10-8-13(6-7-14(10)20-3)15-17-11(2)16(19)18(15)9-12-4-5-12/h6-8,11-12,15,17H,4-5,9H2,1-3H3. The van der Waals surface area contributed by atoms with Gasteiger partial charge in [0.25, 0.3) is 0 Å². The van der Waals surface area contributed by atoms with Crippen molar-refractivity contribution in [3.05, 3.63) is 29.3 Å². The zero-order chi connectivity index (χ0) is 14.3. The number of carbonyl (C=O) groups excluding carboxylic acids is 1. The lowest BCUT2D eigenvalue weighted by molar-refractivity contribution is -0.130. The quantitative estimate of drug-likeness (QED) is 0.915. The molecule has 1 aliphatic carbocycles. The van der Waals surface area contributed by atoms with E-state index in [2.05, 4.69) is 17.4 Å². The molecule has 2 aliphatic rings. The fourth-order valence-electron chi connectivity index (χ4n) is 2.90. The zero-order valence-electron chi connectivity index (χ0n) is 12.3. The lowest BCUT2D eigenvalue weighted by Gasteiger charge is -2.25. The third kappa shape index (κ3) is 2.40. The Labute approximate surface area is 120 Å². The van der Waals surface area contributed by atoms with Gasteiger partial charge in [-0.3, -0.25) is 10.1 Å². The van der Waals surface area contributed by atoms with Crippen molar-refractivity contribution >= 4 is 5.91 Å². The zero-order valence-corrected chi connectivity index (χ0v) is 12.3. The van der Waals surface area contributed by atoms with E-state index in [0.29, 0.717) is 5.92 Å². The lowest BCUT2D eigenvalue weighted by atomic mass is 10.1. The molecule has 2 fully saturated rings. The van der Waals surface area contributed by atoms with Gasteiger partial charge in [-0.1, -0.05) is 6.07 Å². The summed E-state index contributed by atoms with van der Waals surface area (Å²) in [5.41, 5.74) is 2.24. The molecule has 108 valence electrons. The van der Waals surface area contributed by atoms with Crippen LogP contribution in [0.25, 0.3) is 0 Å². The molecule has 1 saturated heterocycles. The van der Waals surface area contributed by atoms with Crippen LogP contribution in [0.4, 0.5) is 0 Å². The first-order chi connectivity index (χ1) is 9.60. The molecule has 1 heterocycles. The van der Waals surface area contributed by atoms with E-state index in [1.165, 1.54) is 12.8 Å². The van der Waals surface area contributed by atoms with Gasteiger partial charge in [0, 0.05) is 6.54 Å². The summed E-state index contributed by atoms with van der Waals surface area (Å²) < 4.78 is 5.31. The Morgan fingerprint density at radius 3 is 2.75 bits per heavy atom. The Bertz CT molecular complexity index is 525. The van der Waals surface area contributed by atoms with Crippen molar-refractivity contribution in [2.24, 2.45) is 5.92 Å². The van der Waals surface area contributed by atoms with Gasteiger partial charge in [0.05, 0.1) is 13.2 Å². The molecule has 0 radical (unpaired) electrons. The van der Waals surface area contributed by atoms with Crippen LogP contribution in [0.15, 0.2) is 18.2 Å². The van der Waals surface area contributed by atoms with Crippen molar-refractivity contribution < 1.29 is 9.53 Å². The van der Waals surface area contributed by atoms with Crippen LogP contribution in [0.2, 0.25) is 0 Å². The highest BCUT2D eigenvalue weighted by Gasteiger charge is 2.39. The smallest absolute Gasteiger partial charge is 0.241 e. The average molecular weight is 274 g/mol. The number of amides is 1. The number of benzene rings is 1. The van der Waals surface area contributed by atoms with Crippen LogP contribution in [0, 0.1) is 12.8 Å². The van der Waals surface area contributed by atoms with Gasteiger partial charge in [-0.25, -0.2) is 0 Å². The summed E-state index contributed by atoms with van der Waals surface area (Å²) in [5, 5.41) is 3.40. The van der Waals surface area contributed by atoms with Crippen LogP contribution < -0.4 is 10.1 Å². The van der Waals surface area contributed by atoms with Crippen LogP contribution in [0.3, 0.4) is 0 Å². The molecule has 2 atom stereocenters. The predicted octanol–water partition coefficient (Wildman–Crippen LogP) is 2.23. The normalized spacial score (nSPS) is 26.1. The largest absolute Gasteiger partial charge is 0.496 e. The molecule has 1 aliphatic heterocycles. The highest BCUT2D eigenvalue weighted by Crippen LogP contribution is 2.35. The maximum Gasteiger partial charge on any atom is 0.241 e. The van der Waals surface area contributed by atoms with E-state index >= 15 is 0 Å². The second-order valence-electron chi connectivity index (χ2n) is 5.95. The Kier molecular flexibility index (Phi) is 3.42. The summed E-state index contributed by atoms with van der Waals surface area (Å²) >= 11 is 0. The summed E-state index contributed by atoms with van der Waals surface area (Å²) in [6.07, 6.45) is 2.52. The van der Waals surface area contributed by atoms with E-state index in [-0.39, 0.29) is 18.1 Å². The highest BCUT2D eigenvalue weighted by molar-refractivity contribution is 5.84. The molecule has 1 N–H and O–H groups in total. The van der Waals surface area contributed by atoms with Crippen LogP contribution in [0.1, 0.15) is 37.1 Å². The molecule has 1 aromatic carbocycles. The molecule has 2 unspecified atom stereocenters. The summed E-state index contributed by atoms with van der Waals surface area (Å²) in [5.74, 6) is 1.81. The molecule has 1 amide bonds. The fourth-order valence-corrected chi connectivity index (χ4v) is 2.90. The monoisotopic (exact) mass is 274 g/mol. The van der Waals surface area contributed by atoms with E-state index in [1.807, 2.05) is 24.8 Å². The van der Waals surface area contributed by atoms with Crippen LogP contribution >= 0.6 is 0 Å². The van der Waals surface area contributed by atoms with Gasteiger partial charge in [-0.15, -0.1) is 0 Å². The number of hydrogen-bond donors (Lipinski definition) is 1. The first-order valence-corrected chi connectivity index (χ1v) is 7.31. The average Bonchev–Trinajstić information content (AvgIpc) is 3.20. The first-order valence-electron chi connectivity index (χ1n) is 7.31. The number of aryl methyl sites for hydroxylation is 1. The van der Waals surface area contributed by atoms with Crippen molar-refractivity contribution in [1.29, 1.82) is 0 Å². The third-order valence-electron chi connectivity index (χ3n) is 4.26. The van der Waals surface area contributed by atoms with Crippen molar-refractivity contribution in [2.45, 2.75) is 38.9 Å². The molecule has 1 aromatic rings. The summed E-state index contributed by atoms with van der Waals surface area (Å²) in [6, 6.07) is 6.05. The Morgan fingerprint density at radius 1 is 1.40 bits per heavy atom. The SMILES string of the molecule is COc1ccc(C2NC(C)C(=O)N2CC2CC2)cc1C. The summed E-state index contributed by atoms with van der Waals surface area (Å²) in [7, 11) is 1.68. The van der Waals surface area contributed by atoms with E-state index in [9.17, 15) is 4.79 Å². The van der Waals surface area contributed by atoms with Gasteiger partial charge < -0.3 is 9.64 Å². The van der Waals surface area contributed by atoms with Gasteiger partial charge in [0.15, 0.2) is 0 Å². The van der Waals surface area contributed by atoms with E-state index in [1.54, 1.807) is 7.11 Å². The first kappa shape index (κ1) is 13.4. The minimum atomic E-state index is -0.0962. The van der Waals surface area contributed by atoms with Gasteiger partial charge in [-0.05, 0) is 55.9 Å². The van der Waals surface area contributed by atoms with E-state index < -0.39 is 0 Å². The minimum Gasteiger partial charge on any atom is -0.496 e. The van der Waals surface area contributed by atoms with Crippen molar-refractivity contribution in [2.75, 3.05) is 13.7 Å². The summed E-state index contributed by atoms with van der Waals surface area (Å²) in [6.45, 7) is 4.86. The predicted molar refractivity (Wildman–Crippen MR) is 77.5 cm³/mol. The second-order valence-corrected chi connectivity index (χ2v) is 5.95. The van der Waals surface area contributed by atoms with Crippen LogP contribution in [-0.4, -0.2) is 30.5 Å². The number of nitrogens with zero attached hydrogens (tertiary/aromatic N) is 1. The van der Waals surface area contributed by atoms with Crippen LogP contribution in [0.5, 0.6) is 5.75 Å². The van der Waals surface area contributed by atoms with Gasteiger partial charge >= 0.3 is 0 Å². The number of nitrogens with one attached hydrogen (secondary N) is 1. The summed E-state index contributed by atoms with van der Waals surface area (Å²) in [4.78, 5) is 14.3. The number of ether oxygens (including phenoxy) is 1. The molecule has 20 heavy (non-hydrogen) atoms. The highest BCUT2D eigenvalue weighted by atomic mass is 16.5. The van der Waals surface area contributed by atoms with Crippen molar-refractivity contribution in [3.8, 4) is 5.75 Å². The lowest BCUT2D eigenvalue weighted by Crippen LogP contribution is -2.32. The number of rotatable bonds is 4. The molecule has 0 bridgehead atoms. The molecule has 4 nitrogen and oxygen atoms in total. The number of methoxy groups -OCH3 is 1. The molecular weight excluding hydrogens is 252 g/mol.